The van der Waals surface area contributed by atoms with Gasteiger partial charge in [0, 0.05) is 0 Å². The maximum Gasteiger partial charge on any atom is 0.138 e. The van der Waals surface area contributed by atoms with Gasteiger partial charge in [-0.15, -0.1) is 11.6 Å². The predicted molar refractivity (Wildman–Crippen MR) is 37.2 cm³/mol. The van der Waals surface area contributed by atoms with Crippen LogP contribution in [-0.2, 0) is 0 Å². The van der Waals surface area contributed by atoms with E-state index in [4.69, 9.17) is 22.1 Å². The fourth-order valence-corrected chi connectivity index (χ4v) is 0.767. The first-order chi connectivity index (χ1) is 4.22. The van der Waals surface area contributed by atoms with E-state index in [0.717, 1.165) is 0 Å². The monoisotopic (exact) mass is 143 g/mol. The van der Waals surface area contributed by atoms with Crippen molar-refractivity contribution in [3.05, 3.63) is 24.0 Å². The Morgan fingerprint density at radius 3 is 2.78 bits per heavy atom. The largest absolute Gasteiger partial charge is 0.506 e. The molecular weight excluding hydrogens is 138 g/mol. The van der Waals surface area contributed by atoms with Crippen LogP contribution in [0.1, 0.15) is 0 Å². The number of nitrogens with one attached hydrogen (secondary N) is 1. The molecule has 1 unspecified atom stereocenters. The number of allylic oxidation sites excluding steroid dienone is 4. The summed E-state index contributed by atoms with van der Waals surface area (Å²) in [6.45, 7) is 0. The molecule has 2 nitrogen and oxygen atoms in total. The van der Waals surface area contributed by atoms with Crippen LogP contribution in [0.15, 0.2) is 24.0 Å². The first-order valence-corrected chi connectivity index (χ1v) is 2.96. The predicted octanol–water partition coefficient (Wildman–Crippen LogP) is 1.63. The van der Waals surface area contributed by atoms with Gasteiger partial charge in [-0.2, -0.15) is 0 Å². The number of aliphatic hydroxyl groups excluding tert-OH is 1. The van der Waals surface area contributed by atoms with Gasteiger partial charge in [-0.25, -0.2) is 0 Å². The van der Waals surface area contributed by atoms with Gasteiger partial charge in [-0.1, -0.05) is 12.2 Å². The van der Waals surface area contributed by atoms with Gasteiger partial charge in [-0.05, 0) is 6.08 Å². The van der Waals surface area contributed by atoms with E-state index < -0.39 is 5.38 Å². The van der Waals surface area contributed by atoms with Gasteiger partial charge in [0.25, 0.3) is 0 Å². The summed E-state index contributed by atoms with van der Waals surface area (Å²) >= 11 is 5.55. The third kappa shape index (κ3) is 1.13. The normalized spacial score (nSPS) is 26.1. The molecule has 1 aliphatic carbocycles. The highest BCUT2D eigenvalue weighted by molar-refractivity contribution is 6.35. The van der Waals surface area contributed by atoms with Crippen molar-refractivity contribution in [2.75, 3.05) is 0 Å². The van der Waals surface area contributed by atoms with Gasteiger partial charge < -0.3 is 5.11 Å². The van der Waals surface area contributed by atoms with E-state index in [1.807, 2.05) is 0 Å². The second kappa shape index (κ2) is 2.23. The van der Waals surface area contributed by atoms with Crippen molar-refractivity contribution in [1.82, 2.24) is 0 Å². The smallest absolute Gasteiger partial charge is 0.138 e. The van der Waals surface area contributed by atoms with Crippen LogP contribution in [0.4, 0.5) is 0 Å². The third-order valence-corrected chi connectivity index (χ3v) is 1.45. The molecule has 3 heteroatoms. The lowest BCUT2D eigenvalue weighted by atomic mass is 10.1. The number of alkyl halides is 1. The van der Waals surface area contributed by atoms with Crippen LogP contribution in [0.3, 0.4) is 0 Å². The lowest BCUT2D eigenvalue weighted by molar-refractivity contribution is 0.440. The number of hydrogen-bond acceptors (Lipinski definition) is 2. The zero-order chi connectivity index (χ0) is 6.85. The lowest BCUT2D eigenvalue weighted by Gasteiger charge is -2.08. The molecule has 1 atom stereocenters. The highest BCUT2D eigenvalue weighted by Gasteiger charge is 2.13. The molecule has 0 aromatic carbocycles. The van der Waals surface area contributed by atoms with Gasteiger partial charge in [0.15, 0.2) is 0 Å². The van der Waals surface area contributed by atoms with E-state index in [1.54, 1.807) is 12.2 Å². The molecule has 0 fully saturated rings. The second-order valence-corrected chi connectivity index (χ2v) is 2.22. The Balaban J connectivity index is 2.86. The Hall–Kier alpha value is -0.760. The molecule has 0 heterocycles. The average Bonchev–Trinajstić information content (AvgIpc) is 1.83. The minimum absolute atomic E-state index is 0.0440. The summed E-state index contributed by atoms with van der Waals surface area (Å²) < 4.78 is 0. The fourth-order valence-electron chi connectivity index (χ4n) is 0.572. The summed E-state index contributed by atoms with van der Waals surface area (Å²) in [6.07, 6.45) is 4.72. The van der Waals surface area contributed by atoms with E-state index in [2.05, 4.69) is 0 Å². The Kier molecular flexibility index (Phi) is 1.58. The standard InChI is InChI=1S/C6H6ClNO/c7-4-2-1-3-5(9)6(4)8/h1-4,8-9H. The van der Waals surface area contributed by atoms with Crippen molar-refractivity contribution >= 4 is 17.3 Å². The molecule has 0 aromatic heterocycles. The minimum atomic E-state index is -0.463. The van der Waals surface area contributed by atoms with Crippen LogP contribution in [0, 0.1) is 5.41 Å². The topological polar surface area (TPSA) is 44.1 Å². The summed E-state index contributed by atoms with van der Waals surface area (Å²) in [5, 5.41) is 15.5. The van der Waals surface area contributed by atoms with E-state index in [0.29, 0.717) is 0 Å². The van der Waals surface area contributed by atoms with Gasteiger partial charge in [0.2, 0.25) is 0 Å². The Morgan fingerprint density at radius 2 is 2.33 bits per heavy atom. The summed E-state index contributed by atoms with van der Waals surface area (Å²) in [5.41, 5.74) is 0.0687. The van der Waals surface area contributed by atoms with E-state index in [-0.39, 0.29) is 11.5 Å². The first-order valence-electron chi connectivity index (χ1n) is 2.52. The summed E-state index contributed by atoms with van der Waals surface area (Å²) in [6, 6.07) is 0. The summed E-state index contributed by atoms with van der Waals surface area (Å²) in [5.74, 6) is -0.0440. The highest BCUT2D eigenvalue weighted by atomic mass is 35.5. The van der Waals surface area contributed by atoms with Gasteiger partial charge in [-0.3, -0.25) is 5.41 Å². The van der Waals surface area contributed by atoms with Crippen LogP contribution < -0.4 is 0 Å². The van der Waals surface area contributed by atoms with E-state index in [1.165, 1.54) is 6.08 Å². The zero-order valence-electron chi connectivity index (χ0n) is 4.63. The van der Waals surface area contributed by atoms with Crippen molar-refractivity contribution in [3.63, 3.8) is 0 Å². The van der Waals surface area contributed by atoms with Crippen LogP contribution in [0.25, 0.3) is 0 Å². The Labute approximate surface area is 58.0 Å². The second-order valence-electron chi connectivity index (χ2n) is 1.75. The Bertz CT molecular complexity index is 195. The molecular formula is C6H6ClNO. The molecule has 0 radical (unpaired) electrons. The Morgan fingerprint density at radius 1 is 1.67 bits per heavy atom. The van der Waals surface area contributed by atoms with Gasteiger partial charge >= 0.3 is 0 Å². The quantitative estimate of drug-likeness (QED) is 0.498. The summed E-state index contributed by atoms with van der Waals surface area (Å²) in [4.78, 5) is 0. The fraction of sp³-hybridized carbons (Fsp3) is 0.167. The molecule has 2 N–H and O–H groups in total. The molecule has 0 saturated carbocycles. The van der Waals surface area contributed by atoms with E-state index >= 15 is 0 Å². The lowest BCUT2D eigenvalue weighted by Crippen LogP contribution is -2.15. The van der Waals surface area contributed by atoms with Crippen LogP contribution >= 0.6 is 11.6 Å². The third-order valence-electron chi connectivity index (χ3n) is 1.09. The molecule has 0 saturated heterocycles. The SMILES string of the molecule is N=C1C(O)=CC=CC1Cl. The van der Waals surface area contributed by atoms with Crippen molar-refractivity contribution in [2.24, 2.45) is 0 Å². The molecule has 0 spiro atoms. The maximum absolute atomic E-state index is 8.85. The van der Waals surface area contributed by atoms with Crippen molar-refractivity contribution in [2.45, 2.75) is 5.38 Å². The molecule has 0 aliphatic heterocycles. The molecule has 48 valence electrons. The molecule has 9 heavy (non-hydrogen) atoms. The van der Waals surface area contributed by atoms with Crippen LogP contribution in [0.5, 0.6) is 0 Å². The minimum Gasteiger partial charge on any atom is -0.506 e. The number of hydrogen-bond donors (Lipinski definition) is 2. The van der Waals surface area contributed by atoms with E-state index in [9.17, 15) is 0 Å². The van der Waals surface area contributed by atoms with Gasteiger partial charge in [0.05, 0.1) is 11.1 Å². The van der Waals surface area contributed by atoms with Crippen LogP contribution in [-0.4, -0.2) is 16.2 Å². The van der Waals surface area contributed by atoms with Crippen molar-refractivity contribution in [1.29, 1.82) is 5.41 Å². The summed E-state index contributed by atoms with van der Waals surface area (Å²) in [7, 11) is 0. The number of halogens is 1. The molecule has 0 aromatic rings. The average molecular weight is 144 g/mol. The maximum atomic E-state index is 8.85. The molecule has 0 bridgehead atoms. The molecule has 1 rings (SSSR count). The van der Waals surface area contributed by atoms with Crippen molar-refractivity contribution < 1.29 is 5.11 Å². The number of aliphatic hydroxyl groups is 1. The molecule has 0 amide bonds. The van der Waals surface area contributed by atoms with Gasteiger partial charge in [0.1, 0.15) is 5.76 Å². The first kappa shape index (κ1) is 6.36. The highest BCUT2D eigenvalue weighted by Crippen LogP contribution is 2.10. The van der Waals surface area contributed by atoms with Crippen molar-refractivity contribution in [3.8, 4) is 0 Å². The molecule has 1 aliphatic rings. The zero-order valence-corrected chi connectivity index (χ0v) is 5.39. The number of rotatable bonds is 0. The van der Waals surface area contributed by atoms with Crippen LogP contribution in [0.2, 0.25) is 0 Å².